The Morgan fingerprint density at radius 2 is 2.29 bits per heavy atom. The fraction of sp³-hybridized carbons (Fsp3) is 0.222. The maximum absolute atomic E-state index is 10.6. The Labute approximate surface area is 95.2 Å². The molecule has 0 saturated heterocycles. The molecular formula is C9H9BrClNO2. The zero-order chi connectivity index (χ0) is 10.7. The Morgan fingerprint density at radius 3 is 2.86 bits per heavy atom. The third-order valence-corrected chi connectivity index (χ3v) is 3.09. The van der Waals surface area contributed by atoms with E-state index in [9.17, 15) is 4.79 Å². The second-order valence-electron chi connectivity index (χ2n) is 2.81. The van der Waals surface area contributed by atoms with Gasteiger partial charge in [0.15, 0.2) is 0 Å². The van der Waals surface area contributed by atoms with Crippen LogP contribution in [0.3, 0.4) is 0 Å². The van der Waals surface area contributed by atoms with Crippen molar-refractivity contribution in [3.63, 3.8) is 0 Å². The first kappa shape index (κ1) is 11.3. The highest BCUT2D eigenvalue weighted by Gasteiger charge is 2.12. The molecule has 76 valence electrons. The SMILES string of the molecule is CC(Nc1cccc(Cl)c1Br)C(=O)O. The minimum Gasteiger partial charge on any atom is -0.480 e. The lowest BCUT2D eigenvalue weighted by Gasteiger charge is -2.12. The molecule has 1 aromatic rings. The summed E-state index contributed by atoms with van der Waals surface area (Å²) >= 11 is 9.11. The molecule has 0 heterocycles. The van der Waals surface area contributed by atoms with E-state index in [0.717, 1.165) is 0 Å². The summed E-state index contributed by atoms with van der Waals surface area (Å²) in [5.41, 5.74) is 0.674. The molecule has 1 unspecified atom stereocenters. The zero-order valence-electron chi connectivity index (χ0n) is 7.42. The number of aliphatic carboxylic acids is 1. The van der Waals surface area contributed by atoms with Crippen LogP contribution in [0.25, 0.3) is 0 Å². The van der Waals surface area contributed by atoms with Crippen LogP contribution in [0.1, 0.15) is 6.92 Å². The van der Waals surface area contributed by atoms with Crippen molar-refractivity contribution >= 4 is 39.2 Å². The van der Waals surface area contributed by atoms with Crippen LogP contribution in [0, 0.1) is 0 Å². The first-order chi connectivity index (χ1) is 6.52. The van der Waals surface area contributed by atoms with E-state index >= 15 is 0 Å². The molecule has 0 aromatic heterocycles. The quantitative estimate of drug-likeness (QED) is 0.893. The molecular weight excluding hydrogens is 269 g/mol. The molecule has 0 aliphatic carbocycles. The summed E-state index contributed by atoms with van der Waals surface area (Å²) in [6.07, 6.45) is 0. The molecule has 1 rings (SSSR count). The third-order valence-electron chi connectivity index (χ3n) is 1.69. The topological polar surface area (TPSA) is 49.3 Å². The Morgan fingerprint density at radius 1 is 1.64 bits per heavy atom. The van der Waals surface area contributed by atoms with Gasteiger partial charge in [0.2, 0.25) is 0 Å². The molecule has 1 aromatic carbocycles. The van der Waals surface area contributed by atoms with Crippen molar-refractivity contribution in [2.75, 3.05) is 5.32 Å². The maximum Gasteiger partial charge on any atom is 0.325 e. The Bertz CT molecular complexity index is 357. The molecule has 1 atom stereocenters. The average Bonchev–Trinajstić information content (AvgIpc) is 2.12. The van der Waals surface area contributed by atoms with Crippen LogP contribution in [0.4, 0.5) is 5.69 Å². The van der Waals surface area contributed by atoms with Crippen molar-refractivity contribution < 1.29 is 9.90 Å². The third kappa shape index (κ3) is 2.62. The Hall–Kier alpha value is -0.740. The van der Waals surface area contributed by atoms with Gasteiger partial charge in [-0.05, 0) is 35.0 Å². The lowest BCUT2D eigenvalue weighted by atomic mass is 10.2. The van der Waals surface area contributed by atoms with Crippen LogP contribution >= 0.6 is 27.5 Å². The molecule has 0 fully saturated rings. The van der Waals surface area contributed by atoms with Gasteiger partial charge in [-0.2, -0.15) is 0 Å². The van der Waals surface area contributed by atoms with Crippen molar-refractivity contribution in [1.29, 1.82) is 0 Å². The smallest absolute Gasteiger partial charge is 0.325 e. The first-order valence-electron chi connectivity index (χ1n) is 3.95. The van der Waals surface area contributed by atoms with Gasteiger partial charge < -0.3 is 10.4 Å². The fourth-order valence-corrected chi connectivity index (χ4v) is 1.46. The van der Waals surface area contributed by atoms with E-state index in [-0.39, 0.29) is 0 Å². The summed E-state index contributed by atoms with van der Waals surface area (Å²) in [6.45, 7) is 1.57. The fourth-order valence-electron chi connectivity index (χ4n) is 0.910. The average molecular weight is 279 g/mol. The molecule has 2 N–H and O–H groups in total. The first-order valence-corrected chi connectivity index (χ1v) is 5.13. The molecule has 0 bridgehead atoms. The van der Waals surface area contributed by atoms with Gasteiger partial charge in [0.05, 0.1) is 15.2 Å². The number of benzene rings is 1. The van der Waals surface area contributed by atoms with E-state index in [4.69, 9.17) is 16.7 Å². The normalized spacial score (nSPS) is 12.2. The van der Waals surface area contributed by atoms with Crippen molar-refractivity contribution in [3.8, 4) is 0 Å². The van der Waals surface area contributed by atoms with E-state index in [2.05, 4.69) is 21.2 Å². The van der Waals surface area contributed by atoms with Gasteiger partial charge in [-0.25, -0.2) is 0 Å². The molecule has 0 saturated carbocycles. The molecule has 3 nitrogen and oxygen atoms in total. The van der Waals surface area contributed by atoms with Gasteiger partial charge in [-0.3, -0.25) is 4.79 Å². The maximum atomic E-state index is 10.6. The minimum atomic E-state index is -0.906. The lowest BCUT2D eigenvalue weighted by molar-refractivity contribution is -0.137. The number of hydrogen-bond acceptors (Lipinski definition) is 2. The predicted molar refractivity (Wildman–Crippen MR) is 59.9 cm³/mol. The molecule has 0 radical (unpaired) electrons. The second-order valence-corrected chi connectivity index (χ2v) is 4.01. The molecule has 0 amide bonds. The molecule has 0 aliphatic heterocycles. The highest BCUT2D eigenvalue weighted by molar-refractivity contribution is 9.10. The Kier molecular flexibility index (Phi) is 3.77. The Balaban J connectivity index is 2.87. The summed E-state index contributed by atoms with van der Waals surface area (Å²) in [4.78, 5) is 10.6. The number of carboxylic acid groups (broad SMARTS) is 1. The van der Waals surface area contributed by atoms with Crippen LogP contribution in [-0.2, 0) is 4.79 Å². The van der Waals surface area contributed by atoms with E-state index in [1.54, 1.807) is 25.1 Å². The second kappa shape index (κ2) is 4.66. The molecule has 0 spiro atoms. The summed E-state index contributed by atoms with van der Waals surface area (Å²) in [5.74, 6) is -0.906. The van der Waals surface area contributed by atoms with Crippen molar-refractivity contribution in [2.45, 2.75) is 13.0 Å². The number of halogens is 2. The summed E-state index contributed by atoms with van der Waals surface area (Å²) < 4.78 is 0.676. The largest absolute Gasteiger partial charge is 0.480 e. The number of nitrogens with one attached hydrogen (secondary N) is 1. The van der Waals surface area contributed by atoms with Crippen molar-refractivity contribution in [1.82, 2.24) is 0 Å². The summed E-state index contributed by atoms with van der Waals surface area (Å²) in [7, 11) is 0. The van der Waals surface area contributed by atoms with Gasteiger partial charge in [0.25, 0.3) is 0 Å². The van der Waals surface area contributed by atoms with E-state index < -0.39 is 12.0 Å². The van der Waals surface area contributed by atoms with Crippen LogP contribution in [0.5, 0.6) is 0 Å². The molecule has 0 aliphatic rings. The summed E-state index contributed by atoms with van der Waals surface area (Å²) in [5, 5.41) is 12.1. The monoisotopic (exact) mass is 277 g/mol. The van der Waals surface area contributed by atoms with Gasteiger partial charge in [-0.1, -0.05) is 17.7 Å². The predicted octanol–water partition coefficient (Wildman–Crippen LogP) is 2.99. The van der Waals surface area contributed by atoms with E-state index in [0.29, 0.717) is 15.2 Å². The van der Waals surface area contributed by atoms with Gasteiger partial charge in [-0.15, -0.1) is 0 Å². The van der Waals surface area contributed by atoms with Crippen LogP contribution < -0.4 is 5.32 Å². The number of hydrogen-bond donors (Lipinski definition) is 2. The number of rotatable bonds is 3. The number of carbonyl (C=O) groups is 1. The summed E-state index contributed by atoms with van der Waals surface area (Å²) in [6, 6.07) is 4.59. The van der Waals surface area contributed by atoms with Gasteiger partial charge in [0, 0.05) is 0 Å². The lowest BCUT2D eigenvalue weighted by Crippen LogP contribution is -2.25. The number of anilines is 1. The molecule has 5 heteroatoms. The van der Waals surface area contributed by atoms with E-state index in [1.165, 1.54) is 0 Å². The van der Waals surface area contributed by atoms with Gasteiger partial charge >= 0.3 is 5.97 Å². The minimum absolute atomic E-state index is 0.549. The van der Waals surface area contributed by atoms with Crippen molar-refractivity contribution in [3.05, 3.63) is 27.7 Å². The van der Waals surface area contributed by atoms with Crippen LogP contribution in [0.15, 0.2) is 22.7 Å². The zero-order valence-corrected chi connectivity index (χ0v) is 9.76. The van der Waals surface area contributed by atoms with Gasteiger partial charge in [0.1, 0.15) is 6.04 Å². The highest BCUT2D eigenvalue weighted by Crippen LogP contribution is 2.30. The highest BCUT2D eigenvalue weighted by atomic mass is 79.9. The van der Waals surface area contributed by atoms with E-state index in [1.807, 2.05) is 0 Å². The number of carboxylic acids is 1. The molecule has 14 heavy (non-hydrogen) atoms. The van der Waals surface area contributed by atoms with Crippen molar-refractivity contribution in [2.24, 2.45) is 0 Å². The van der Waals surface area contributed by atoms with Crippen LogP contribution in [0.2, 0.25) is 5.02 Å². The standard InChI is InChI=1S/C9H9BrClNO2/c1-5(9(13)14)12-7-4-2-3-6(11)8(7)10/h2-5,12H,1H3,(H,13,14). The van der Waals surface area contributed by atoms with Crippen LogP contribution in [-0.4, -0.2) is 17.1 Å².